The number of piperidine rings is 1. The Hall–Kier alpha value is -1.25. The summed E-state index contributed by atoms with van der Waals surface area (Å²) in [6.45, 7) is 11.9. The smallest absolute Gasteiger partial charge is 0.282 e. The Balaban J connectivity index is 1.67. The van der Waals surface area contributed by atoms with Crippen molar-refractivity contribution >= 4 is 16.0 Å². The molecule has 3 rings (SSSR count). The van der Waals surface area contributed by atoms with Crippen LogP contribution in [0.4, 0.5) is 5.82 Å². The molecule has 2 aliphatic heterocycles. The summed E-state index contributed by atoms with van der Waals surface area (Å²) in [7, 11) is -3.35. The Morgan fingerprint density at radius 2 is 1.77 bits per heavy atom. The molecule has 0 amide bonds. The van der Waals surface area contributed by atoms with Gasteiger partial charge in [0.15, 0.2) is 0 Å². The zero-order valence-corrected chi connectivity index (χ0v) is 17.2. The van der Waals surface area contributed by atoms with Crippen LogP contribution in [0.5, 0.6) is 0 Å². The fourth-order valence-electron chi connectivity index (χ4n) is 3.66. The summed E-state index contributed by atoms with van der Waals surface area (Å²) in [5.41, 5.74) is 0.955. The first kappa shape index (κ1) is 19.5. The van der Waals surface area contributed by atoms with Gasteiger partial charge in [0.2, 0.25) is 0 Å². The number of nitrogens with zero attached hydrogens (tertiary/aromatic N) is 5. The van der Waals surface area contributed by atoms with E-state index in [4.69, 9.17) is 0 Å². The lowest BCUT2D eigenvalue weighted by Crippen LogP contribution is -2.54. The van der Waals surface area contributed by atoms with Crippen LogP contribution in [-0.4, -0.2) is 66.3 Å². The summed E-state index contributed by atoms with van der Waals surface area (Å²) < 4.78 is 29.2. The van der Waals surface area contributed by atoms with E-state index in [1.807, 2.05) is 13.0 Å². The van der Waals surface area contributed by atoms with Gasteiger partial charge in [-0.25, -0.2) is 9.97 Å². The van der Waals surface area contributed by atoms with Crippen molar-refractivity contribution in [1.29, 1.82) is 0 Å². The standard InChI is InChI=1S/C18H31N5O2S/c1-14(2)18-19-16(4)12-17(20-18)21-8-10-22(11-9-21)26(24,25)23-7-5-6-15(3)13-23/h12,14-15H,5-11,13H2,1-4H3. The van der Waals surface area contributed by atoms with E-state index in [1.54, 1.807) is 8.61 Å². The molecule has 0 radical (unpaired) electrons. The van der Waals surface area contributed by atoms with Crippen LogP contribution in [-0.2, 0) is 10.2 Å². The van der Waals surface area contributed by atoms with E-state index >= 15 is 0 Å². The van der Waals surface area contributed by atoms with Gasteiger partial charge in [-0.15, -0.1) is 0 Å². The van der Waals surface area contributed by atoms with Crippen molar-refractivity contribution < 1.29 is 8.42 Å². The molecule has 0 aromatic carbocycles. The quantitative estimate of drug-likeness (QED) is 0.798. The summed E-state index contributed by atoms with van der Waals surface area (Å²) in [4.78, 5) is 11.4. The average Bonchev–Trinajstić information content (AvgIpc) is 2.61. The van der Waals surface area contributed by atoms with Crippen LogP contribution in [0, 0.1) is 12.8 Å². The number of hydrogen-bond acceptors (Lipinski definition) is 5. The maximum Gasteiger partial charge on any atom is 0.282 e. The van der Waals surface area contributed by atoms with Gasteiger partial charge in [-0.3, -0.25) is 0 Å². The van der Waals surface area contributed by atoms with Crippen molar-refractivity contribution in [2.75, 3.05) is 44.2 Å². The van der Waals surface area contributed by atoms with Gasteiger partial charge in [-0.1, -0.05) is 20.8 Å². The molecule has 146 valence electrons. The molecule has 0 saturated carbocycles. The molecule has 2 fully saturated rings. The van der Waals surface area contributed by atoms with Gasteiger partial charge in [0, 0.05) is 56.9 Å². The molecular formula is C18H31N5O2S. The van der Waals surface area contributed by atoms with Gasteiger partial charge in [0.1, 0.15) is 11.6 Å². The summed E-state index contributed by atoms with van der Waals surface area (Å²) in [5, 5.41) is 0. The first-order chi connectivity index (χ1) is 12.3. The van der Waals surface area contributed by atoms with Crippen LogP contribution < -0.4 is 4.90 Å². The third kappa shape index (κ3) is 4.18. The van der Waals surface area contributed by atoms with Crippen LogP contribution in [0.2, 0.25) is 0 Å². The van der Waals surface area contributed by atoms with E-state index in [2.05, 4.69) is 35.6 Å². The highest BCUT2D eigenvalue weighted by Crippen LogP contribution is 2.23. The topological polar surface area (TPSA) is 69.6 Å². The van der Waals surface area contributed by atoms with E-state index in [-0.39, 0.29) is 5.92 Å². The highest BCUT2D eigenvalue weighted by Gasteiger charge is 2.34. The van der Waals surface area contributed by atoms with Crippen LogP contribution in [0.15, 0.2) is 6.07 Å². The summed E-state index contributed by atoms with van der Waals surface area (Å²) in [6, 6.07) is 1.99. The molecule has 2 aliphatic rings. The summed E-state index contributed by atoms with van der Waals surface area (Å²) >= 11 is 0. The molecule has 1 aromatic heterocycles. The first-order valence-electron chi connectivity index (χ1n) is 9.63. The predicted octanol–water partition coefficient (Wildman–Crippen LogP) is 2.01. The van der Waals surface area contributed by atoms with Gasteiger partial charge in [-0.05, 0) is 25.7 Å². The van der Waals surface area contributed by atoms with Crippen molar-refractivity contribution in [3.63, 3.8) is 0 Å². The molecule has 0 aliphatic carbocycles. The first-order valence-corrected chi connectivity index (χ1v) is 11.0. The Morgan fingerprint density at radius 1 is 1.08 bits per heavy atom. The molecular weight excluding hydrogens is 350 g/mol. The molecule has 1 aromatic rings. The van der Waals surface area contributed by atoms with Gasteiger partial charge < -0.3 is 4.90 Å². The van der Waals surface area contributed by atoms with Gasteiger partial charge in [0.25, 0.3) is 10.2 Å². The molecule has 0 bridgehead atoms. The average molecular weight is 382 g/mol. The molecule has 3 heterocycles. The molecule has 1 atom stereocenters. The monoisotopic (exact) mass is 381 g/mol. The maximum atomic E-state index is 12.9. The molecule has 8 heteroatoms. The number of aryl methyl sites for hydroxylation is 1. The van der Waals surface area contributed by atoms with E-state index < -0.39 is 10.2 Å². The third-order valence-electron chi connectivity index (χ3n) is 5.21. The number of anilines is 1. The normalized spacial score (nSPS) is 23.6. The highest BCUT2D eigenvalue weighted by atomic mass is 32.2. The van der Waals surface area contributed by atoms with Crippen LogP contribution in [0.25, 0.3) is 0 Å². The number of rotatable bonds is 4. The lowest BCUT2D eigenvalue weighted by molar-refractivity contribution is 0.254. The number of aromatic nitrogens is 2. The van der Waals surface area contributed by atoms with Crippen molar-refractivity contribution in [3.05, 3.63) is 17.6 Å². The molecule has 26 heavy (non-hydrogen) atoms. The summed E-state index contributed by atoms with van der Waals surface area (Å²) in [6.07, 6.45) is 2.07. The molecule has 0 N–H and O–H groups in total. The van der Waals surface area contributed by atoms with Crippen LogP contribution in [0.3, 0.4) is 0 Å². The maximum absolute atomic E-state index is 12.9. The highest BCUT2D eigenvalue weighted by molar-refractivity contribution is 7.86. The SMILES string of the molecule is Cc1cc(N2CCN(S(=O)(=O)N3CCCC(C)C3)CC2)nc(C(C)C)n1. The molecule has 0 spiro atoms. The van der Waals surface area contributed by atoms with E-state index in [0.717, 1.165) is 30.2 Å². The Kier molecular flexibility index (Phi) is 5.84. The number of hydrogen-bond donors (Lipinski definition) is 0. The lowest BCUT2D eigenvalue weighted by atomic mass is 10.0. The fraction of sp³-hybridized carbons (Fsp3) is 0.778. The van der Waals surface area contributed by atoms with E-state index in [0.29, 0.717) is 45.2 Å². The third-order valence-corrected chi connectivity index (χ3v) is 7.21. The second-order valence-corrected chi connectivity index (χ2v) is 9.81. The van der Waals surface area contributed by atoms with Crippen molar-refractivity contribution in [3.8, 4) is 0 Å². The largest absolute Gasteiger partial charge is 0.354 e. The minimum atomic E-state index is -3.35. The second kappa shape index (κ2) is 7.78. The minimum Gasteiger partial charge on any atom is -0.354 e. The Labute approximate surface area is 157 Å². The number of piperazine rings is 1. The molecule has 1 unspecified atom stereocenters. The minimum absolute atomic E-state index is 0.274. The van der Waals surface area contributed by atoms with Gasteiger partial charge in [0.05, 0.1) is 0 Å². The van der Waals surface area contributed by atoms with Gasteiger partial charge >= 0.3 is 0 Å². The summed E-state index contributed by atoms with van der Waals surface area (Å²) in [5.74, 6) is 2.47. The zero-order chi connectivity index (χ0) is 18.9. The second-order valence-electron chi connectivity index (χ2n) is 7.88. The Morgan fingerprint density at radius 3 is 2.38 bits per heavy atom. The van der Waals surface area contributed by atoms with Crippen molar-refractivity contribution in [2.24, 2.45) is 5.92 Å². The lowest BCUT2D eigenvalue weighted by Gasteiger charge is -2.39. The Bertz CT molecular complexity index is 729. The van der Waals surface area contributed by atoms with Crippen molar-refractivity contribution in [1.82, 2.24) is 18.6 Å². The zero-order valence-electron chi connectivity index (χ0n) is 16.3. The van der Waals surface area contributed by atoms with E-state index in [1.165, 1.54) is 0 Å². The predicted molar refractivity (Wildman–Crippen MR) is 104 cm³/mol. The van der Waals surface area contributed by atoms with Crippen LogP contribution in [0.1, 0.15) is 51.0 Å². The fourth-order valence-corrected chi connectivity index (χ4v) is 5.42. The van der Waals surface area contributed by atoms with Crippen molar-refractivity contribution in [2.45, 2.75) is 46.5 Å². The van der Waals surface area contributed by atoms with Gasteiger partial charge in [-0.2, -0.15) is 17.0 Å². The van der Waals surface area contributed by atoms with E-state index in [9.17, 15) is 8.42 Å². The molecule has 2 saturated heterocycles. The molecule has 7 nitrogen and oxygen atoms in total. The van der Waals surface area contributed by atoms with Crippen LogP contribution >= 0.6 is 0 Å².